The van der Waals surface area contributed by atoms with Crippen LogP contribution in [-0.4, -0.2) is 42.3 Å². The predicted molar refractivity (Wildman–Crippen MR) is 103 cm³/mol. The molecule has 0 saturated carbocycles. The van der Waals surface area contributed by atoms with Crippen molar-refractivity contribution in [3.63, 3.8) is 0 Å². The maximum absolute atomic E-state index is 13.5. The van der Waals surface area contributed by atoms with Crippen LogP contribution in [0, 0.1) is 5.92 Å². The number of aliphatic hydroxyl groups is 1. The van der Waals surface area contributed by atoms with Crippen molar-refractivity contribution in [2.24, 2.45) is 5.92 Å². The number of esters is 2. The maximum atomic E-state index is 13.5. The Bertz CT molecular complexity index is 812. The van der Waals surface area contributed by atoms with E-state index in [9.17, 15) is 24.2 Å². The fraction of sp³-hybridized carbons (Fsp3) is 0.300. The molecule has 8 heteroatoms. The zero-order valence-corrected chi connectivity index (χ0v) is 16.5. The number of methoxy groups -OCH3 is 2. The number of benzene rings is 2. The summed E-state index contributed by atoms with van der Waals surface area (Å²) in [7, 11) is -2.23. The van der Waals surface area contributed by atoms with E-state index in [2.05, 4.69) is 9.47 Å². The fourth-order valence-corrected chi connectivity index (χ4v) is 5.26. The van der Waals surface area contributed by atoms with Gasteiger partial charge in [-0.25, -0.2) is 0 Å². The van der Waals surface area contributed by atoms with E-state index < -0.39 is 43.2 Å². The lowest BCUT2D eigenvalue weighted by atomic mass is 10.0. The summed E-state index contributed by atoms with van der Waals surface area (Å²) in [4.78, 5) is 34.7. The number of carbonyl (C=O) groups excluding carboxylic acids is 2. The van der Waals surface area contributed by atoms with Crippen LogP contribution in [-0.2, 0) is 29.0 Å². The lowest BCUT2D eigenvalue weighted by molar-refractivity contribution is -0.151. The maximum Gasteiger partial charge on any atom is 0.309 e. The lowest BCUT2D eigenvalue weighted by Crippen LogP contribution is -2.33. The number of ether oxygens (including phenoxy) is 2. The van der Waals surface area contributed by atoms with E-state index in [1.54, 1.807) is 36.4 Å². The third-order valence-electron chi connectivity index (χ3n) is 4.50. The van der Waals surface area contributed by atoms with Crippen molar-refractivity contribution in [2.75, 3.05) is 20.4 Å². The third kappa shape index (κ3) is 4.50. The van der Waals surface area contributed by atoms with Crippen LogP contribution < -0.4 is 0 Å². The monoisotopic (exact) mass is 406 g/mol. The molecule has 1 unspecified atom stereocenters. The molecule has 2 aromatic carbocycles. The Morgan fingerprint density at radius 3 is 1.82 bits per heavy atom. The summed E-state index contributed by atoms with van der Waals surface area (Å²) in [6, 6.07) is 16.1. The van der Waals surface area contributed by atoms with Gasteiger partial charge in [-0.2, -0.15) is 0 Å². The minimum atomic E-state index is -4.50. The second-order valence-electron chi connectivity index (χ2n) is 6.29. The first-order valence-corrected chi connectivity index (χ1v) is 10.4. The van der Waals surface area contributed by atoms with Crippen molar-refractivity contribution in [3.05, 3.63) is 71.8 Å². The first-order chi connectivity index (χ1) is 13.3. The zero-order valence-electron chi connectivity index (χ0n) is 15.6. The van der Waals surface area contributed by atoms with E-state index in [-0.39, 0.29) is 11.1 Å². The normalized spacial score (nSPS) is 14.6. The highest BCUT2D eigenvalue weighted by molar-refractivity contribution is 7.59. The summed E-state index contributed by atoms with van der Waals surface area (Å²) in [6.45, 7) is 0. The molecular formula is C20H23O7P. The summed E-state index contributed by atoms with van der Waals surface area (Å²) in [5.74, 6) is -2.80. The Balaban J connectivity index is 2.53. The Morgan fingerprint density at radius 2 is 1.43 bits per heavy atom. The molecule has 0 aliphatic rings. The molecule has 2 N–H and O–H groups in total. The fourth-order valence-electron chi connectivity index (χ4n) is 3.02. The molecule has 2 aromatic rings. The van der Waals surface area contributed by atoms with Crippen molar-refractivity contribution in [1.29, 1.82) is 0 Å². The van der Waals surface area contributed by atoms with Crippen molar-refractivity contribution < 1.29 is 33.6 Å². The second-order valence-corrected chi connectivity index (χ2v) is 8.70. The van der Waals surface area contributed by atoms with E-state index in [4.69, 9.17) is 0 Å². The van der Waals surface area contributed by atoms with Crippen molar-refractivity contribution in [3.8, 4) is 0 Å². The summed E-state index contributed by atoms with van der Waals surface area (Å²) >= 11 is 0. The molecule has 0 radical (unpaired) electrons. The highest BCUT2D eigenvalue weighted by atomic mass is 31.2. The van der Waals surface area contributed by atoms with Crippen molar-refractivity contribution in [1.82, 2.24) is 0 Å². The first kappa shape index (κ1) is 21.8. The van der Waals surface area contributed by atoms with Crippen LogP contribution in [0.25, 0.3) is 0 Å². The Kier molecular flexibility index (Phi) is 7.13. The molecule has 28 heavy (non-hydrogen) atoms. The second kappa shape index (κ2) is 9.15. The van der Waals surface area contributed by atoms with Gasteiger partial charge in [-0.1, -0.05) is 60.7 Å². The van der Waals surface area contributed by atoms with Gasteiger partial charge in [0.2, 0.25) is 7.37 Å². The highest BCUT2D eigenvalue weighted by Gasteiger charge is 2.50. The molecule has 150 valence electrons. The summed E-state index contributed by atoms with van der Waals surface area (Å²) in [5.41, 5.74) is 0.405. The summed E-state index contributed by atoms with van der Waals surface area (Å²) < 4.78 is 22.7. The van der Waals surface area contributed by atoms with Gasteiger partial charge in [0.05, 0.1) is 26.6 Å². The minimum Gasteiger partial charge on any atom is -0.469 e. The average Bonchev–Trinajstić information content (AvgIpc) is 2.72. The summed E-state index contributed by atoms with van der Waals surface area (Å²) in [5, 5.41) is 9.23. The molecule has 0 amide bonds. The van der Waals surface area contributed by atoms with Gasteiger partial charge in [0.25, 0.3) is 0 Å². The van der Waals surface area contributed by atoms with Crippen molar-refractivity contribution in [2.45, 2.75) is 11.8 Å². The quantitative estimate of drug-likeness (QED) is 0.512. The summed E-state index contributed by atoms with van der Waals surface area (Å²) in [6.07, 6.45) is -1.09. The topological polar surface area (TPSA) is 110 Å². The van der Waals surface area contributed by atoms with Crippen LogP contribution in [0.4, 0.5) is 0 Å². The molecule has 2 rings (SSSR count). The Hall–Kier alpha value is -2.47. The van der Waals surface area contributed by atoms with Crippen LogP contribution in [0.5, 0.6) is 0 Å². The van der Waals surface area contributed by atoms with Gasteiger partial charge in [-0.3, -0.25) is 14.2 Å². The van der Waals surface area contributed by atoms with Crippen LogP contribution in [0.1, 0.15) is 17.5 Å². The van der Waals surface area contributed by atoms with Gasteiger partial charge in [-0.15, -0.1) is 0 Å². The molecule has 2 atom stereocenters. The van der Waals surface area contributed by atoms with Gasteiger partial charge in [0.15, 0.2) is 5.34 Å². The smallest absolute Gasteiger partial charge is 0.309 e. The van der Waals surface area contributed by atoms with Crippen LogP contribution in [0.15, 0.2) is 60.7 Å². The molecule has 0 aliphatic carbocycles. The van der Waals surface area contributed by atoms with E-state index in [0.29, 0.717) is 0 Å². The van der Waals surface area contributed by atoms with E-state index in [0.717, 1.165) is 14.2 Å². The number of carbonyl (C=O) groups is 2. The average molecular weight is 406 g/mol. The van der Waals surface area contributed by atoms with E-state index in [1.165, 1.54) is 24.3 Å². The Labute approximate surface area is 163 Å². The SMILES string of the molecule is COC(=O)C[C@H](CP(=O)(O)C(O)(c1ccccc1)c1ccccc1)C(=O)OC. The van der Waals surface area contributed by atoms with Gasteiger partial charge in [0, 0.05) is 6.16 Å². The van der Waals surface area contributed by atoms with Gasteiger partial charge < -0.3 is 19.5 Å². The van der Waals surface area contributed by atoms with E-state index in [1.807, 2.05) is 0 Å². The molecule has 7 nitrogen and oxygen atoms in total. The molecule has 0 bridgehead atoms. The lowest BCUT2D eigenvalue weighted by Gasteiger charge is -2.35. The number of hydrogen-bond donors (Lipinski definition) is 2. The third-order valence-corrected chi connectivity index (χ3v) is 6.96. The van der Waals surface area contributed by atoms with Gasteiger partial charge in [-0.05, 0) is 11.1 Å². The van der Waals surface area contributed by atoms with Crippen LogP contribution in [0.3, 0.4) is 0 Å². The molecule has 0 heterocycles. The molecule has 0 spiro atoms. The molecule has 0 fully saturated rings. The number of rotatable bonds is 8. The first-order valence-electron chi connectivity index (χ1n) is 8.56. The molecule has 0 aliphatic heterocycles. The predicted octanol–water partition coefficient (Wildman–Crippen LogP) is 2.50. The van der Waals surface area contributed by atoms with Crippen molar-refractivity contribution >= 4 is 19.3 Å². The number of hydrogen-bond acceptors (Lipinski definition) is 6. The van der Waals surface area contributed by atoms with E-state index >= 15 is 0 Å². The highest BCUT2D eigenvalue weighted by Crippen LogP contribution is 2.62. The van der Waals surface area contributed by atoms with Crippen LogP contribution in [0.2, 0.25) is 0 Å². The molecule has 0 saturated heterocycles. The molecular weight excluding hydrogens is 383 g/mol. The zero-order chi connectivity index (χ0) is 20.8. The minimum absolute atomic E-state index is 0.203. The largest absolute Gasteiger partial charge is 0.469 e. The van der Waals surface area contributed by atoms with Crippen LogP contribution >= 0.6 is 7.37 Å². The van der Waals surface area contributed by atoms with Gasteiger partial charge in [0.1, 0.15) is 0 Å². The Morgan fingerprint density at radius 1 is 0.964 bits per heavy atom. The molecule has 0 aromatic heterocycles. The van der Waals surface area contributed by atoms with Gasteiger partial charge >= 0.3 is 11.9 Å². The standard InChI is InChI=1S/C20H23O7P/c1-26-18(21)13-15(19(22)27-2)14-28(24,25)20(23,16-9-5-3-6-10-16)17-11-7-4-8-12-17/h3-12,15,23H,13-14H2,1-2H3,(H,24,25)/t15-/m1/s1.